The third kappa shape index (κ3) is 1.90. The fourth-order valence-corrected chi connectivity index (χ4v) is 1.03. The van der Waals surface area contributed by atoms with E-state index in [0.29, 0.717) is 11.6 Å². The number of hydrogen-bond acceptors (Lipinski definition) is 4. The number of nitrogens with zero attached hydrogens (tertiary/aromatic N) is 2. The monoisotopic (exact) mass is 190 g/mol. The van der Waals surface area contributed by atoms with Crippen LogP contribution in [0.25, 0.3) is 0 Å². The van der Waals surface area contributed by atoms with Gasteiger partial charge in [-0.05, 0) is 19.1 Å². The summed E-state index contributed by atoms with van der Waals surface area (Å²) in [4.78, 5) is 0. The van der Waals surface area contributed by atoms with Gasteiger partial charge in [0.2, 0.25) is 5.89 Å². The maximum Gasteiger partial charge on any atom is 0.420 e. The molecule has 4 heteroatoms. The smallest absolute Gasteiger partial charge is 0.410 e. The summed E-state index contributed by atoms with van der Waals surface area (Å²) in [5.74, 6) is 1.19. The Morgan fingerprint density at radius 3 is 2.36 bits per heavy atom. The molecule has 0 saturated heterocycles. The number of hydrogen-bond donors (Lipinski definition) is 0. The van der Waals surface area contributed by atoms with Gasteiger partial charge in [0.05, 0.1) is 0 Å². The highest BCUT2D eigenvalue weighted by atomic mass is 16.6. The maximum atomic E-state index is 5.31. The van der Waals surface area contributed by atoms with E-state index in [1.807, 2.05) is 31.2 Å². The van der Waals surface area contributed by atoms with Crippen LogP contribution in [0, 0.1) is 13.8 Å². The first-order valence-electron chi connectivity index (χ1n) is 4.29. The van der Waals surface area contributed by atoms with Crippen molar-refractivity contribution < 1.29 is 9.15 Å². The average molecular weight is 190 g/mol. The number of ether oxygens (including phenoxy) is 1. The Hall–Kier alpha value is -1.84. The molecule has 72 valence electrons. The van der Waals surface area contributed by atoms with Crippen molar-refractivity contribution in [2.24, 2.45) is 0 Å². The molecule has 0 aliphatic rings. The van der Waals surface area contributed by atoms with Crippen LogP contribution in [0.2, 0.25) is 0 Å². The molecule has 2 aromatic rings. The molecule has 14 heavy (non-hydrogen) atoms. The topological polar surface area (TPSA) is 48.2 Å². The minimum atomic E-state index is 0.173. The number of aryl methyl sites for hydroxylation is 2. The molecule has 0 amide bonds. The van der Waals surface area contributed by atoms with Crippen LogP contribution in [0.1, 0.15) is 11.5 Å². The van der Waals surface area contributed by atoms with Crippen LogP contribution in [0.5, 0.6) is 11.8 Å². The van der Waals surface area contributed by atoms with E-state index in [1.54, 1.807) is 6.92 Å². The Balaban J connectivity index is 2.15. The Morgan fingerprint density at radius 2 is 1.79 bits per heavy atom. The lowest BCUT2D eigenvalue weighted by Crippen LogP contribution is -1.83. The summed E-state index contributed by atoms with van der Waals surface area (Å²) in [6.45, 7) is 3.73. The molecule has 0 radical (unpaired) electrons. The fraction of sp³-hybridized carbons (Fsp3) is 0.200. The second-order valence-corrected chi connectivity index (χ2v) is 3.00. The summed E-state index contributed by atoms with van der Waals surface area (Å²) in [5.41, 5.74) is 1.18. The lowest BCUT2D eigenvalue weighted by Gasteiger charge is -1.99. The molecule has 1 aromatic heterocycles. The van der Waals surface area contributed by atoms with E-state index < -0.39 is 0 Å². The first-order chi connectivity index (χ1) is 6.74. The Kier molecular flexibility index (Phi) is 2.18. The highest BCUT2D eigenvalue weighted by molar-refractivity contribution is 5.27. The van der Waals surface area contributed by atoms with Crippen LogP contribution in [0.3, 0.4) is 0 Å². The van der Waals surface area contributed by atoms with Crippen LogP contribution in [-0.2, 0) is 0 Å². The fourth-order valence-electron chi connectivity index (χ4n) is 1.03. The molecular formula is C10H10N2O2. The third-order valence-electron chi connectivity index (χ3n) is 1.73. The van der Waals surface area contributed by atoms with Gasteiger partial charge in [-0.2, -0.15) is 0 Å². The van der Waals surface area contributed by atoms with Crippen molar-refractivity contribution in [2.45, 2.75) is 13.8 Å². The highest BCUT2D eigenvalue weighted by Crippen LogP contribution is 2.19. The summed E-state index contributed by atoms with van der Waals surface area (Å²) in [6.07, 6.45) is 0.173. The first-order valence-corrected chi connectivity index (χ1v) is 4.29. The standard InChI is InChI=1S/C10H10N2O2/c1-7-3-5-9(6-4-7)14-10-12-11-8(2)13-10/h3-6H,1-2H3. The van der Waals surface area contributed by atoms with E-state index in [0.717, 1.165) is 0 Å². The van der Waals surface area contributed by atoms with Crippen LogP contribution in [0.15, 0.2) is 28.7 Å². The molecule has 0 bridgehead atoms. The zero-order valence-corrected chi connectivity index (χ0v) is 8.02. The van der Waals surface area contributed by atoms with Crippen molar-refractivity contribution in [3.05, 3.63) is 35.7 Å². The van der Waals surface area contributed by atoms with Crippen LogP contribution < -0.4 is 4.74 Å². The molecule has 0 saturated carbocycles. The van der Waals surface area contributed by atoms with Crippen molar-refractivity contribution in [1.29, 1.82) is 0 Å². The number of benzene rings is 1. The number of aromatic nitrogens is 2. The lowest BCUT2D eigenvalue weighted by atomic mass is 10.2. The lowest BCUT2D eigenvalue weighted by molar-refractivity contribution is 0.323. The van der Waals surface area contributed by atoms with E-state index in [9.17, 15) is 0 Å². The van der Waals surface area contributed by atoms with E-state index in [4.69, 9.17) is 9.15 Å². The van der Waals surface area contributed by atoms with Gasteiger partial charge in [-0.3, -0.25) is 0 Å². The van der Waals surface area contributed by atoms with Gasteiger partial charge in [-0.1, -0.05) is 22.8 Å². The van der Waals surface area contributed by atoms with Gasteiger partial charge in [0.1, 0.15) is 5.75 Å². The van der Waals surface area contributed by atoms with Gasteiger partial charge >= 0.3 is 6.08 Å². The van der Waals surface area contributed by atoms with Crippen LogP contribution in [0.4, 0.5) is 0 Å². The molecule has 0 aliphatic heterocycles. The SMILES string of the molecule is Cc1ccc(Oc2nnc(C)o2)cc1. The molecule has 0 N–H and O–H groups in total. The highest BCUT2D eigenvalue weighted by Gasteiger charge is 2.03. The van der Waals surface area contributed by atoms with E-state index in [-0.39, 0.29) is 6.08 Å². The minimum Gasteiger partial charge on any atom is -0.410 e. The van der Waals surface area contributed by atoms with Crippen LogP contribution in [-0.4, -0.2) is 10.2 Å². The Morgan fingerprint density at radius 1 is 1.07 bits per heavy atom. The molecule has 4 nitrogen and oxygen atoms in total. The van der Waals surface area contributed by atoms with Crippen molar-refractivity contribution in [3.8, 4) is 11.8 Å². The maximum absolute atomic E-state index is 5.31. The van der Waals surface area contributed by atoms with Gasteiger partial charge in [-0.15, -0.1) is 5.10 Å². The molecule has 0 unspecified atom stereocenters. The van der Waals surface area contributed by atoms with Crippen molar-refractivity contribution in [2.75, 3.05) is 0 Å². The minimum absolute atomic E-state index is 0.173. The molecule has 1 aromatic carbocycles. The molecule has 0 spiro atoms. The van der Waals surface area contributed by atoms with Crippen molar-refractivity contribution in [3.63, 3.8) is 0 Å². The normalized spacial score (nSPS) is 10.1. The quantitative estimate of drug-likeness (QED) is 0.729. The summed E-state index contributed by atoms with van der Waals surface area (Å²) >= 11 is 0. The van der Waals surface area contributed by atoms with Crippen molar-refractivity contribution >= 4 is 0 Å². The summed E-state index contributed by atoms with van der Waals surface area (Å²) in [5, 5.41) is 7.38. The molecule has 0 atom stereocenters. The average Bonchev–Trinajstić information content (AvgIpc) is 2.56. The van der Waals surface area contributed by atoms with Gasteiger partial charge in [0.25, 0.3) is 0 Å². The summed E-state index contributed by atoms with van der Waals surface area (Å²) in [6, 6.07) is 7.63. The van der Waals surface area contributed by atoms with Gasteiger partial charge < -0.3 is 9.15 Å². The molecular weight excluding hydrogens is 180 g/mol. The van der Waals surface area contributed by atoms with Gasteiger partial charge in [0.15, 0.2) is 0 Å². The van der Waals surface area contributed by atoms with E-state index in [2.05, 4.69) is 10.2 Å². The van der Waals surface area contributed by atoms with Crippen molar-refractivity contribution in [1.82, 2.24) is 10.2 Å². The molecule has 2 rings (SSSR count). The van der Waals surface area contributed by atoms with E-state index >= 15 is 0 Å². The largest absolute Gasteiger partial charge is 0.420 e. The zero-order chi connectivity index (χ0) is 9.97. The second-order valence-electron chi connectivity index (χ2n) is 3.00. The predicted molar refractivity (Wildman–Crippen MR) is 50.3 cm³/mol. The Labute approximate surface area is 81.5 Å². The van der Waals surface area contributed by atoms with Crippen LogP contribution >= 0.6 is 0 Å². The molecule has 1 heterocycles. The molecule has 0 aliphatic carbocycles. The van der Waals surface area contributed by atoms with Gasteiger partial charge in [-0.25, -0.2) is 0 Å². The van der Waals surface area contributed by atoms with Gasteiger partial charge in [0, 0.05) is 6.92 Å². The third-order valence-corrected chi connectivity index (χ3v) is 1.73. The Bertz CT molecular complexity index is 420. The predicted octanol–water partition coefficient (Wildman–Crippen LogP) is 2.48. The second kappa shape index (κ2) is 3.49. The van der Waals surface area contributed by atoms with E-state index in [1.165, 1.54) is 5.56 Å². The number of rotatable bonds is 2. The summed E-state index contributed by atoms with van der Waals surface area (Å²) in [7, 11) is 0. The zero-order valence-electron chi connectivity index (χ0n) is 8.02. The first kappa shape index (κ1) is 8.74. The molecule has 0 fully saturated rings. The summed E-state index contributed by atoms with van der Waals surface area (Å²) < 4.78 is 10.4.